The van der Waals surface area contributed by atoms with E-state index < -0.39 is 5.60 Å². The minimum absolute atomic E-state index is 0.108. The average molecular weight is 470 g/mol. The zero-order valence-electron chi connectivity index (χ0n) is 20.6. The first-order valence-corrected chi connectivity index (χ1v) is 11.9. The van der Waals surface area contributed by atoms with Gasteiger partial charge in [-0.05, 0) is 81.9 Å². The summed E-state index contributed by atoms with van der Waals surface area (Å²) in [6, 6.07) is 14.4. The van der Waals surface area contributed by atoms with E-state index in [1.54, 1.807) is 17.0 Å². The lowest BCUT2D eigenvalue weighted by molar-refractivity contribution is -0.119. The van der Waals surface area contributed by atoms with Crippen LogP contribution in [0.15, 0.2) is 48.5 Å². The number of carbonyl (C=O) groups is 2. The topological polar surface area (TPSA) is 61.9 Å². The molecule has 34 heavy (non-hydrogen) atoms. The molecule has 0 unspecified atom stereocenters. The summed E-state index contributed by atoms with van der Waals surface area (Å²) in [7, 11) is 2.10. The molecule has 2 aromatic carbocycles. The molecule has 2 atom stereocenters. The van der Waals surface area contributed by atoms with Crippen molar-refractivity contribution in [2.45, 2.75) is 45.3 Å². The lowest BCUT2D eigenvalue weighted by atomic mass is 9.88. The Morgan fingerprint density at radius 2 is 1.85 bits per heavy atom. The van der Waals surface area contributed by atoms with Gasteiger partial charge in [0.1, 0.15) is 11.4 Å². The molecule has 0 spiro atoms. The van der Waals surface area contributed by atoms with Gasteiger partial charge in [0.15, 0.2) is 0 Å². The number of alkyl carbamates (subject to hydrolysis) is 1. The summed E-state index contributed by atoms with van der Waals surface area (Å²) in [4.78, 5) is 26.7. The minimum Gasteiger partial charge on any atom is -0.444 e. The quantitative estimate of drug-likeness (QED) is 0.675. The molecule has 2 aliphatic heterocycles. The number of amides is 2. The smallest absolute Gasteiger partial charge is 0.407 e. The maximum atomic E-state index is 13.0. The largest absolute Gasteiger partial charge is 0.444 e. The summed E-state index contributed by atoms with van der Waals surface area (Å²) < 4.78 is 18.2. The molecule has 1 N–H and O–H groups in total. The van der Waals surface area contributed by atoms with Crippen LogP contribution >= 0.6 is 0 Å². The molecule has 184 valence electrons. The van der Waals surface area contributed by atoms with Gasteiger partial charge in [-0.15, -0.1) is 0 Å². The molecule has 2 amide bonds. The Morgan fingerprint density at radius 1 is 1.15 bits per heavy atom. The van der Waals surface area contributed by atoms with Crippen molar-refractivity contribution in [2.24, 2.45) is 5.92 Å². The number of hydrogen-bond acceptors (Lipinski definition) is 4. The van der Waals surface area contributed by atoms with Crippen molar-refractivity contribution in [2.75, 3.05) is 33.2 Å². The van der Waals surface area contributed by atoms with Crippen LogP contribution in [0.1, 0.15) is 49.9 Å². The van der Waals surface area contributed by atoms with Crippen molar-refractivity contribution in [3.8, 4) is 0 Å². The highest BCUT2D eigenvalue weighted by Crippen LogP contribution is 2.34. The Kier molecular flexibility index (Phi) is 8.67. The van der Waals surface area contributed by atoms with E-state index in [0.717, 1.165) is 50.0 Å². The third-order valence-corrected chi connectivity index (χ3v) is 6.06. The molecule has 4 rings (SSSR count). The summed E-state index contributed by atoms with van der Waals surface area (Å²) in [6.07, 6.45) is 2.60. The second-order valence-corrected chi connectivity index (χ2v) is 10.0. The van der Waals surface area contributed by atoms with Crippen molar-refractivity contribution in [1.82, 2.24) is 15.1 Å². The van der Waals surface area contributed by atoms with Gasteiger partial charge in [0, 0.05) is 19.6 Å². The summed E-state index contributed by atoms with van der Waals surface area (Å²) in [5, 5.41) is 2.81. The third kappa shape index (κ3) is 7.29. The van der Waals surface area contributed by atoms with Gasteiger partial charge in [0.25, 0.3) is 0 Å². The maximum absolute atomic E-state index is 13.0. The first-order valence-electron chi connectivity index (χ1n) is 11.9. The van der Waals surface area contributed by atoms with Crippen molar-refractivity contribution in [3.63, 3.8) is 0 Å². The van der Waals surface area contributed by atoms with Crippen molar-refractivity contribution < 1.29 is 18.7 Å². The number of hydrogen-bond donors (Lipinski definition) is 1. The monoisotopic (exact) mass is 469 g/mol. The summed E-state index contributed by atoms with van der Waals surface area (Å²) in [5.41, 5.74) is 2.93. The zero-order valence-corrected chi connectivity index (χ0v) is 20.6. The molecule has 1 saturated heterocycles. The highest BCUT2D eigenvalue weighted by Gasteiger charge is 2.27. The summed E-state index contributed by atoms with van der Waals surface area (Å²) in [6.45, 7) is 9.22. The van der Waals surface area contributed by atoms with Crippen LogP contribution in [0, 0.1) is 11.7 Å². The van der Waals surface area contributed by atoms with Crippen LogP contribution in [0.2, 0.25) is 0 Å². The van der Waals surface area contributed by atoms with Crippen LogP contribution in [0.3, 0.4) is 0 Å². The fourth-order valence-corrected chi connectivity index (χ4v) is 4.45. The van der Waals surface area contributed by atoms with Gasteiger partial charge >= 0.3 is 6.09 Å². The van der Waals surface area contributed by atoms with Crippen LogP contribution < -0.4 is 5.32 Å². The number of halogens is 1. The molecule has 7 heteroatoms. The average Bonchev–Trinajstić information content (AvgIpc) is 3.22. The number of likely N-dealkylation sites (tertiary alicyclic amines) is 1. The number of nitrogens with one attached hydrogen (secondary N) is 1. The third-order valence-electron chi connectivity index (χ3n) is 6.06. The van der Waals surface area contributed by atoms with Crippen LogP contribution in [0.25, 0.3) is 0 Å². The van der Waals surface area contributed by atoms with Crippen molar-refractivity contribution in [1.29, 1.82) is 0 Å². The molecule has 2 aromatic rings. The zero-order chi connectivity index (χ0) is 24.7. The van der Waals surface area contributed by atoms with Crippen molar-refractivity contribution >= 4 is 12.5 Å². The van der Waals surface area contributed by atoms with Gasteiger partial charge in [-0.3, -0.25) is 4.79 Å². The summed E-state index contributed by atoms with van der Waals surface area (Å²) in [5.74, 6) is 0.313. The number of nitrogens with zero attached hydrogens (tertiary/aromatic N) is 2. The van der Waals surface area contributed by atoms with Crippen LogP contribution in [0.4, 0.5) is 9.18 Å². The highest BCUT2D eigenvalue weighted by molar-refractivity contribution is 5.67. The van der Waals surface area contributed by atoms with Crippen LogP contribution in [-0.2, 0) is 16.0 Å². The fraction of sp³-hybridized carbons (Fsp3) is 0.481. The molecule has 6 nitrogen and oxygen atoms in total. The molecule has 2 heterocycles. The van der Waals surface area contributed by atoms with E-state index in [1.165, 1.54) is 17.7 Å². The predicted molar refractivity (Wildman–Crippen MR) is 131 cm³/mol. The summed E-state index contributed by atoms with van der Waals surface area (Å²) >= 11 is 0. The van der Waals surface area contributed by atoms with E-state index in [-0.39, 0.29) is 18.0 Å². The molecule has 0 aromatic heterocycles. The Labute approximate surface area is 202 Å². The number of carbonyl (C=O) groups excluding carboxylic acids is 2. The van der Waals surface area contributed by atoms with Gasteiger partial charge in [0.2, 0.25) is 6.41 Å². The van der Waals surface area contributed by atoms with E-state index in [9.17, 15) is 14.0 Å². The number of fused-ring (bicyclic) bond motifs is 1. The predicted octanol–water partition coefficient (Wildman–Crippen LogP) is 4.39. The number of rotatable bonds is 4. The molecule has 0 bridgehead atoms. The van der Waals surface area contributed by atoms with Crippen LogP contribution in [0.5, 0.6) is 0 Å². The molecule has 2 aliphatic rings. The Hall–Kier alpha value is -2.93. The fourth-order valence-electron chi connectivity index (χ4n) is 4.45. The number of ether oxygens (including phenoxy) is 1. The van der Waals surface area contributed by atoms with Gasteiger partial charge in [-0.2, -0.15) is 0 Å². The van der Waals surface area contributed by atoms with E-state index in [0.29, 0.717) is 12.5 Å². The minimum atomic E-state index is -0.406. The van der Waals surface area contributed by atoms with E-state index in [4.69, 9.17) is 4.74 Å². The van der Waals surface area contributed by atoms with Gasteiger partial charge < -0.3 is 19.9 Å². The lowest BCUT2D eigenvalue weighted by Crippen LogP contribution is -2.35. The van der Waals surface area contributed by atoms with Gasteiger partial charge in [-0.1, -0.05) is 36.4 Å². The van der Waals surface area contributed by atoms with E-state index >= 15 is 0 Å². The van der Waals surface area contributed by atoms with Crippen molar-refractivity contribution in [3.05, 3.63) is 71.0 Å². The normalized spacial score (nSPS) is 20.1. The highest BCUT2D eigenvalue weighted by atomic mass is 19.1. The Morgan fingerprint density at radius 3 is 2.47 bits per heavy atom. The van der Waals surface area contributed by atoms with Gasteiger partial charge in [0.05, 0.1) is 6.04 Å². The molecular weight excluding hydrogens is 433 g/mol. The van der Waals surface area contributed by atoms with E-state index in [1.807, 2.05) is 39.0 Å². The SMILES string of the molecule is CN1CC[C@@H](CNC(=O)OC(C)(C)C)C1.O=CN1CCc2ccccc2[C@@H]1c1ccc(F)cc1. The standard InChI is InChI=1S/C16H14FNO.C11H22N2O2/c17-14-7-5-13(6-8-14)16-15-4-2-1-3-12(15)9-10-18(16)11-19;1-11(2,3)15-10(14)12-7-9-5-6-13(4)8-9/h1-8,11,16H,9-10H2;9H,5-8H2,1-4H3,(H,12,14)/t16-;9-/m00/s1. The molecule has 0 aliphatic carbocycles. The molecule has 1 fully saturated rings. The Bertz CT molecular complexity index is 958. The first kappa shape index (κ1) is 25.7. The van der Waals surface area contributed by atoms with E-state index in [2.05, 4.69) is 23.3 Å². The molecule has 0 saturated carbocycles. The molecule has 0 radical (unpaired) electrons. The Balaban J connectivity index is 0.000000197. The van der Waals surface area contributed by atoms with Gasteiger partial charge in [-0.25, -0.2) is 9.18 Å². The maximum Gasteiger partial charge on any atom is 0.407 e. The second kappa shape index (κ2) is 11.5. The number of benzene rings is 2. The first-order chi connectivity index (χ1) is 16.2. The lowest BCUT2D eigenvalue weighted by Gasteiger charge is -2.35. The second-order valence-electron chi connectivity index (χ2n) is 10.0. The molecular formula is C27H36FN3O3. The van der Waals surface area contributed by atoms with Crippen LogP contribution in [-0.4, -0.2) is 61.1 Å².